The van der Waals surface area contributed by atoms with Crippen molar-refractivity contribution in [1.29, 1.82) is 0 Å². The van der Waals surface area contributed by atoms with E-state index in [-0.39, 0.29) is 5.91 Å². The summed E-state index contributed by atoms with van der Waals surface area (Å²) >= 11 is 9.08. The smallest absolute Gasteiger partial charge is 0.255 e. The van der Waals surface area contributed by atoms with Crippen molar-refractivity contribution in [3.05, 3.63) is 63.6 Å². The first-order chi connectivity index (χ1) is 9.60. The molecular formula is C16H15BrClNO. The van der Waals surface area contributed by atoms with Crippen LogP contribution in [0.2, 0.25) is 0 Å². The van der Waals surface area contributed by atoms with Gasteiger partial charge in [0.25, 0.3) is 5.91 Å². The van der Waals surface area contributed by atoms with Gasteiger partial charge in [-0.3, -0.25) is 4.79 Å². The Bertz CT molecular complexity index is 610. The lowest BCUT2D eigenvalue weighted by Gasteiger charge is -2.09. The number of hydrogen-bond acceptors (Lipinski definition) is 1. The molecule has 0 aliphatic heterocycles. The second-order valence-electron chi connectivity index (χ2n) is 4.55. The van der Waals surface area contributed by atoms with Gasteiger partial charge >= 0.3 is 0 Å². The second-order valence-corrected chi connectivity index (χ2v) is 5.84. The number of alkyl halides is 1. The summed E-state index contributed by atoms with van der Waals surface area (Å²) in [5.41, 5.74) is 3.57. The van der Waals surface area contributed by atoms with Crippen LogP contribution in [-0.2, 0) is 6.42 Å². The van der Waals surface area contributed by atoms with Crippen LogP contribution in [0.15, 0.2) is 46.9 Å². The van der Waals surface area contributed by atoms with Gasteiger partial charge in [-0.1, -0.05) is 34.1 Å². The lowest BCUT2D eigenvalue weighted by Crippen LogP contribution is -2.13. The molecule has 0 aliphatic carbocycles. The minimum atomic E-state index is -0.103. The third kappa shape index (κ3) is 3.84. The summed E-state index contributed by atoms with van der Waals surface area (Å²) in [7, 11) is 0. The number of aryl methyl sites for hydroxylation is 2. The standard InChI is InChI=1S/C16H15BrClNO/c1-11-2-5-13(17)10-15(11)16(20)19-14-6-3-12(4-7-14)8-9-18/h2-7,10H,8-9H2,1H3,(H,19,20). The molecule has 104 valence electrons. The quantitative estimate of drug-likeness (QED) is 0.787. The first kappa shape index (κ1) is 15.1. The molecule has 0 saturated carbocycles. The molecule has 1 amide bonds. The first-order valence-electron chi connectivity index (χ1n) is 6.32. The molecule has 0 saturated heterocycles. The zero-order valence-electron chi connectivity index (χ0n) is 11.1. The Kier molecular flexibility index (Phi) is 5.21. The Morgan fingerprint density at radius 2 is 1.90 bits per heavy atom. The van der Waals surface area contributed by atoms with Crippen molar-refractivity contribution in [3.63, 3.8) is 0 Å². The maximum absolute atomic E-state index is 12.2. The first-order valence-corrected chi connectivity index (χ1v) is 7.65. The summed E-state index contributed by atoms with van der Waals surface area (Å²) in [4.78, 5) is 12.2. The van der Waals surface area contributed by atoms with E-state index in [2.05, 4.69) is 21.2 Å². The largest absolute Gasteiger partial charge is 0.322 e. The predicted octanol–water partition coefficient (Wildman–Crippen LogP) is 4.79. The van der Waals surface area contributed by atoms with E-state index in [4.69, 9.17) is 11.6 Å². The van der Waals surface area contributed by atoms with E-state index in [0.717, 1.165) is 27.7 Å². The molecule has 0 aliphatic rings. The number of carbonyl (C=O) groups excluding carboxylic acids is 1. The molecule has 4 heteroatoms. The van der Waals surface area contributed by atoms with Crippen molar-refractivity contribution < 1.29 is 4.79 Å². The van der Waals surface area contributed by atoms with E-state index in [9.17, 15) is 4.79 Å². The summed E-state index contributed by atoms with van der Waals surface area (Å²) in [6.07, 6.45) is 0.834. The number of carbonyl (C=O) groups is 1. The van der Waals surface area contributed by atoms with Crippen LogP contribution >= 0.6 is 27.5 Å². The monoisotopic (exact) mass is 351 g/mol. The molecule has 20 heavy (non-hydrogen) atoms. The Morgan fingerprint density at radius 3 is 2.55 bits per heavy atom. The predicted molar refractivity (Wildman–Crippen MR) is 87.7 cm³/mol. The number of benzene rings is 2. The van der Waals surface area contributed by atoms with Crippen LogP contribution in [-0.4, -0.2) is 11.8 Å². The number of halogens is 2. The topological polar surface area (TPSA) is 29.1 Å². The number of nitrogens with one attached hydrogen (secondary N) is 1. The summed E-state index contributed by atoms with van der Waals surface area (Å²) in [6, 6.07) is 13.4. The molecule has 2 nitrogen and oxygen atoms in total. The fraction of sp³-hybridized carbons (Fsp3) is 0.188. The maximum Gasteiger partial charge on any atom is 0.255 e. The molecule has 0 radical (unpaired) electrons. The van der Waals surface area contributed by atoms with E-state index >= 15 is 0 Å². The summed E-state index contributed by atoms with van der Waals surface area (Å²) < 4.78 is 0.894. The van der Waals surface area contributed by atoms with Gasteiger partial charge in [0.1, 0.15) is 0 Å². The van der Waals surface area contributed by atoms with E-state index in [1.165, 1.54) is 0 Å². The van der Waals surface area contributed by atoms with Crippen LogP contribution in [0.4, 0.5) is 5.69 Å². The molecule has 2 rings (SSSR count). The molecular weight excluding hydrogens is 338 g/mol. The SMILES string of the molecule is Cc1ccc(Br)cc1C(=O)Nc1ccc(CCCl)cc1. The van der Waals surface area contributed by atoms with Crippen LogP contribution < -0.4 is 5.32 Å². The maximum atomic E-state index is 12.2. The summed E-state index contributed by atoms with van der Waals surface area (Å²) in [5, 5.41) is 2.90. The van der Waals surface area contributed by atoms with Crippen molar-refractivity contribution in [1.82, 2.24) is 0 Å². The molecule has 2 aromatic carbocycles. The lowest BCUT2D eigenvalue weighted by atomic mass is 10.1. The second kappa shape index (κ2) is 6.91. The van der Waals surface area contributed by atoms with Gasteiger partial charge in [-0.05, 0) is 48.7 Å². The molecule has 1 N–H and O–H groups in total. The summed E-state index contributed by atoms with van der Waals surface area (Å²) in [6.45, 7) is 1.92. The van der Waals surface area contributed by atoms with E-state index in [0.29, 0.717) is 11.4 Å². The number of amides is 1. The van der Waals surface area contributed by atoms with Crippen LogP contribution in [0.3, 0.4) is 0 Å². The van der Waals surface area contributed by atoms with Crippen molar-refractivity contribution >= 4 is 39.1 Å². The Hall–Kier alpha value is -1.32. The van der Waals surface area contributed by atoms with Gasteiger partial charge in [-0.25, -0.2) is 0 Å². The molecule has 0 fully saturated rings. The molecule has 0 heterocycles. The van der Waals surface area contributed by atoms with E-state index in [1.807, 2.05) is 49.4 Å². The average molecular weight is 353 g/mol. The summed E-state index contributed by atoms with van der Waals surface area (Å²) in [5.74, 6) is 0.497. The Morgan fingerprint density at radius 1 is 1.20 bits per heavy atom. The zero-order valence-corrected chi connectivity index (χ0v) is 13.5. The van der Waals surface area contributed by atoms with Crippen LogP contribution in [0.5, 0.6) is 0 Å². The van der Waals surface area contributed by atoms with Gasteiger partial charge < -0.3 is 5.32 Å². The van der Waals surface area contributed by atoms with Crippen molar-refractivity contribution in [2.45, 2.75) is 13.3 Å². The van der Waals surface area contributed by atoms with Crippen LogP contribution in [0, 0.1) is 6.92 Å². The van der Waals surface area contributed by atoms with Gasteiger partial charge in [0.15, 0.2) is 0 Å². The highest BCUT2D eigenvalue weighted by atomic mass is 79.9. The molecule has 0 bridgehead atoms. The minimum absolute atomic E-state index is 0.103. The molecule has 2 aromatic rings. The minimum Gasteiger partial charge on any atom is -0.322 e. The molecule has 0 aromatic heterocycles. The van der Waals surface area contributed by atoms with Crippen LogP contribution in [0.1, 0.15) is 21.5 Å². The highest BCUT2D eigenvalue weighted by Crippen LogP contribution is 2.18. The number of anilines is 1. The molecule has 0 spiro atoms. The Labute approximate surface area is 132 Å². The van der Waals surface area contributed by atoms with Gasteiger partial charge in [0, 0.05) is 21.6 Å². The van der Waals surface area contributed by atoms with Gasteiger partial charge in [0.05, 0.1) is 0 Å². The van der Waals surface area contributed by atoms with Crippen molar-refractivity contribution in [2.75, 3.05) is 11.2 Å². The average Bonchev–Trinajstić information content (AvgIpc) is 2.44. The van der Waals surface area contributed by atoms with Crippen LogP contribution in [0.25, 0.3) is 0 Å². The lowest BCUT2D eigenvalue weighted by molar-refractivity contribution is 0.102. The fourth-order valence-electron chi connectivity index (χ4n) is 1.90. The number of hydrogen-bond donors (Lipinski definition) is 1. The van der Waals surface area contributed by atoms with Crippen molar-refractivity contribution in [3.8, 4) is 0 Å². The van der Waals surface area contributed by atoms with Gasteiger partial charge in [0.2, 0.25) is 0 Å². The van der Waals surface area contributed by atoms with E-state index < -0.39 is 0 Å². The highest BCUT2D eigenvalue weighted by Gasteiger charge is 2.09. The highest BCUT2D eigenvalue weighted by molar-refractivity contribution is 9.10. The zero-order chi connectivity index (χ0) is 14.5. The van der Waals surface area contributed by atoms with Gasteiger partial charge in [-0.15, -0.1) is 11.6 Å². The Balaban J connectivity index is 2.13. The third-order valence-corrected chi connectivity index (χ3v) is 3.72. The van der Waals surface area contributed by atoms with Crippen molar-refractivity contribution in [2.24, 2.45) is 0 Å². The van der Waals surface area contributed by atoms with E-state index in [1.54, 1.807) is 0 Å². The molecule has 0 atom stereocenters. The normalized spacial score (nSPS) is 10.3. The molecule has 0 unspecified atom stereocenters. The third-order valence-electron chi connectivity index (χ3n) is 3.04. The fourth-order valence-corrected chi connectivity index (χ4v) is 2.48. The number of rotatable bonds is 4. The van der Waals surface area contributed by atoms with Gasteiger partial charge in [-0.2, -0.15) is 0 Å².